The zero-order valence-corrected chi connectivity index (χ0v) is 19.2. The van der Waals surface area contributed by atoms with Gasteiger partial charge in [0.15, 0.2) is 5.75 Å². The van der Waals surface area contributed by atoms with Crippen LogP contribution in [-0.2, 0) is 17.3 Å². The van der Waals surface area contributed by atoms with Gasteiger partial charge in [0.2, 0.25) is 11.7 Å². The summed E-state index contributed by atoms with van der Waals surface area (Å²) in [6.45, 7) is 9.07. The van der Waals surface area contributed by atoms with Gasteiger partial charge in [-0.2, -0.15) is 13.9 Å². The summed E-state index contributed by atoms with van der Waals surface area (Å²) < 4.78 is 35.7. The molecule has 11 heteroatoms. The van der Waals surface area contributed by atoms with Gasteiger partial charge in [0, 0.05) is 44.3 Å². The Morgan fingerprint density at radius 2 is 1.97 bits per heavy atom. The number of aromatic nitrogens is 5. The van der Waals surface area contributed by atoms with Gasteiger partial charge in [0.05, 0.1) is 30.4 Å². The van der Waals surface area contributed by atoms with Crippen molar-refractivity contribution in [1.82, 2.24) is 24.7 Å². The molecular formula is C22H27F2N7O2. The van der Waals surface area contributed by atoms with Crippen molar-refractivity contribution in [2.75, 3.05) is 17.2 Å². The first-order chi connectivity index (χ1) is 15.5. The van der Waals surface area contributed by atoms with E-state index in [0.29, 0.717) is 41.8 Å². The highest BCUT2D eigenvalue weighted by Gasteiger charge is 2.30. The first-order valence-corrected chi connectivity index (χ1v) is 10.5. The molecular weight excluding hydrogens is 432 g/mol. The lowest BCUT2D eigenvalue weighted by atomic mass is 10.2. The van der Waals surface area contributed by atoms with E-state index in [1.54, 1.807) is 36.1 Å². The molecule has 3 rings (SSSR count). The number of amides is 1. The Balaban J connectivity index is 2.03. The van der Waals surface area contributed by atoms with Gasteiger partial charge < -0.3 is 15.4 Å². The van der Waals surface area contributed by atoms with E-state index in [4.69, 9.17) is 4.74 Å². The molecule has 0 aliphatic heterocycles. The van der Waals surface area contributed by atoms with Gasteiger partial charge in [0.25, 0.3) is 0 Å². The van der Waals surface area contributed by atoms with E-state index in [1.807, 2.05) is 0 Å². The second-order valence-corrected chi connectivity index (χ2v) is 8.00. The van der Waals surface area contributed by atoms with Crippen molar-refractivity contribution in [3.63, 3.8) is 0 Å². The molecule has 176 valence electrons. The Hall–Kier alpha value is -3.63. The number of rotatable bonds is 9. The third kappa shape index (κ3) is 6.43. The molecule has 0 unspecified atom stereocenters. The maximum Gasteiger partial charge on any atom is 0.303 e. The molecule has 33 heavy (non-hydrogen) atoms. The maximum atomic E-state index is 14.2. The van der Waals surface area contributed by atoms with Crippen molar-refractivity contribution >= 4 is 23.2 Å². The molecule has 3 aromatic rings. The van der Waals surface area contributed by atoms with Crippen LogP contribution in [0, 0.1) is 5.92 Å². The number of anilines is 3. The topological polar surface area (TPSA) is 107 Å². The van der Waals surface area contributed by atoms with Crippen LogP contribution < -0.4 is 15.4 Å². The highest BCUT2D eigenvalue weighted by atomic mass is 19.3. The molecule has 0 spiro atoms. The summed E-state index contributed by atoms with van der Waals surface area (Å²) in [4.78, 5) is 23.6. The summed E-state index contributed by atoms with van der Waals surface area (Å²) in [7, 11) is 0. The Kier molecular flexibility index (Phi) is 7.19. The number of alkyl halides is 2. The molecule has 1 amide bonds. The lowest BCUT2D eigenvalue weighted by Crippen LogP contribution is -2.14. The smallest absolute Gasteiger partial charge is 0.303 e. The lowest BCUT2D eigenvalue weighted by Gasteiger charge is -2.16. The number of halogens is 2. The Bertz CT molecular complexity index is 1130. The van der Waals surface area contributed by atoms with Gasteiger partial charge in [-0.15, -0.1) is 0 Å². The predicted octanol–water partition coefficient (Wildman–Crippen LogP) is 4.60. The maximum absolute atomic E-state index is 14.2. The summed E-state index contributed by atoms with van der Waals surface area (Å²) in [6.07, 6.45) is 4.78. The number of ether oxygens (including phenoxy) is 1. The van der Waals surface area contributed by atoms with Crippen LogP contribution in [0.3, 0.4) is 0 Å². The Morgan fingerprint density at radius 3 is 2.61 bits per heavy atom. The third-order valence-corrected chi connectivity index (χ3v) is 4.33. The minimum atomic E-state index is -3.26. The van der Waals surface area contributed by atoms with Crippen LogP contribution in [-0.4, -0.2) is 37.2 Å². The Labute approximate surface area is 190 Å². The van der Waals surface area contributed by atoms with Gasteiger partial charge in [-0.3, -0.25) is 9.48 Å². The van der Waals surface area contributed by atoms with Crippen molar-refractivity contribution in [2.45, 2.75) is 47.1 Å². The van der Waals surface area contributed by atoms with E-state index < -0.39 is 11.7 Å². The molecule has 0 saturated carbocycles. The van der Waals surface area contributed by atoms with Crippen LogP contribution in [0.25, 0.3) is 11.3 Å². The standard InChI is InChI=1S/C22H27F2N7O2/c1-6-33-18-10-25-19(27-14(4)32)8-17(18)28-20-7-16(29-21(30-20)22(5,23)24)15-9-26-31(12-15)11-13(2)3/h7-10,12-13H,6,11H2,1-5H3,(H2,25,27,28,29,30,32). The average Bonchev–Trinajstić information content (AvgIpc) is 3.16. The fourth-order valence-corrected chi connectivity index (χ4v) is 3.02. The summed E-state index contributed by atoms with van der Waals surface area (Å²) in [5, 5.41) is 9.88. The molecule has 0 aliphatic rings. The fourth-order valence-electron chi connectivity index (χ4n) is 3.02. The number of carbonyl (C=O) groups excluding carboxylic acids is 1. The zero-order chi connectivity index (χ0) is 24.2. The van der Waals surface area contributed by atoms with Crippen molar-refractivity contribution < 1.29 is 18.3 Å². The van der Waals surface area contributed by atoms with E-state index in [0.717, 1.165) is 6.92 Å². The number of carbonyl (C=O) groups is 1. The second kappa shape index (κ2) is 9.88. The minimum absolute atomic E-state index is 0.133. The van der Waals surface area contributed by atoms with E-state index >= 15 is 0 Å². The minimum Gasteiger partial charge on any atom is -0.490 e. The van der Waals surface area contributed by atoms with Crippen LogP contribution in [0.15, 0.2) is 30.7 Å². The quantitative estimate of drug-likeness (QED) is 0.481. The first-order valence-electron chi connectivity index (χ1n) is 10.5. The molecule has 0 radical (unpaired) electrons. The van der Waals surface area contributed by atoms with Crippen LogP contribution in [0.1, 0.15) is 40.4 Å². The summed E-state index contributed by atoms with van der Waals surface area (Å²) in [5.41, 5.74) is 1.29. The van der Waals surface area contributed by atoms with Crippen molar-refractivity contribution in [3.8, 4) is 17.0 Å². The number of nitrogens with one attached hydrogen (secondary N) is 2. The molecule has 9 nitrogen and oxygen atoms in total. The third-order valence-electron chi connectivity index (χ3n) is 4.33. The van der Waals surface area contributed by atoms with Crippen LogP contribution in [0.5, 0.6) is 5.75 Å². The molecule has 2 N–H and O–H groups in total. The molecule has 3 aromatic heterocycles. The largest absolute Gasteiger partial charge is 0.490 e. The molecule has 0 fully saturated rings. The summed E-state index contributed by atoms with van der Waals surface area (Å²) in [6, 6.07) is 3.10. The van der Waals surface area contributed by atoms with Crippen LogP contribution in [0.4, 0.5) is 26.1 Å². The van der Waals surface area contributed by atoms with Crippen LogP contribution >= 0.6 is 0 Å². The van der Waals surface area contributed by atoms with E-state index in [-0.39, 0.29) is 17.5 Å². The predicted molar refractivity (Wildman–Crippen MR) is 121 cm³/mol. The van der Waals surface area contributed by atoms with E-state index in [1.165, 1.54) is 13.1 Å². The summed E-state index contributed by atoms with van der Waals surface area (Å²) >= 11 is 0. The van der Waals surface area contributed by atoms with Crippen LogP contribution in [0.2, 0.25) is 0 Å². The van der Waals surface area contributed by atoms with Crippen molar-refractivity contribution in [2.24, 2.45) is 5.92 Å². The molecule has 0 aliphatic carbocycles. The highest BCUT2D eigenvalue weighted by Crippen LogP contribution is 2.32. The molecule has 0 saturated heterocycles. The van der Waals surface area contributed by atoms with Gasteiger partial charge in [-0.25, -0.2) is 15.0 Å². The number of hydrogen-bond acceptors (Lipinski definition) is 7. The van der Waals surface area contributed by atoms with Gasteiger partial charge in [-0.05, 0) is 12.8 Å². The molecule has 0 atom stereocenters. The fraction of sp³-hybridized carbons (Fsp3) is 0.409. The Morgan fingerprint density at radius 1 is 1.21 bits per heavy atom. The zero-order valence-electron chi connectivity index (χ0n) is 19.2. The van der Waals surface area contributed by atoms with Crippen molar-refractivity contribution in [1.29, 1.82) is 0 Å². The number of hydrogen-bond donors (Lipinski definition) is 2. The molecule has 0 aromatic carbocycles. The number of nitrogens with zero attached hydrogens (tertiary/aromatic N) is 5. The molecule has 0 bridgehead atoms. The van der Waals surface area contributed by atoms with E-state index in [9.17, 15) is 13.6 Å². The summed E-state index contributed by atoms with van der Waals surface area (Å²) in [5.74, 6) is -3.03. The SMILES string of the molecule is CCOc1cnc(NC(C)=O)cc1Nc1cc(-c2cnn(CC(C)C)c2)nc(C(C)(F)F)n1. The number of pyridine rings is 1. The van der Waals surface area contributed by atoms with Gasteiger partial charge in [0.1, 0.15) is 11.6 Å². The van der Waals surface area contributed by atoms with Crippen molar-refractivity contribution in [3.05, 3.63) is 36.5 Å². The van der Waals surface area contributed by atoms with Gasteiger partial charge in [-0.1, -0.05) is 13.8 Å². The highest BCUT2D eigenvalue weighted by molar-refractivity contribution is 5.88. The van der Waals surface area contributed by atoms with E-state index in [2.05, 4.69) is 44.5 Å². The lowest BCUT2D eigenvalue weighted by molar-refractivity contribution is -0.114. The van der Waals surface area contributed by atoms with Gasteiger partial charge >= 0.3 is 5.92 Å². The first kappa shape index (κ1) is 24.0. The monoisotopic (exact) mass is 459 g/mol. The molecule has 3 heterocycles. The normalized spacial score (nSPS) is 11.5. The second-order valence-electron chi connectivity index (χ2n) is 8.00. The average molecular weight is 460 g/mol.